The standard InChI is InChI=1S/C19H22N2O6/c1-2-25-17(23)14(20-16(22)11-6-4-3-5-7-11)15-19(27-18(24)21-15)10-12-8-9-13(19)26-12/h3-7,12-15H,2,8-10H2,1H3,(H,20,22)(H,21,24)/t12?,13?,14-,15+,19?/m1/s1. The molecular formula is C19H22N2O6. The van der Waals surface area contributed by atoms with E-state index in [9.17, 15) is 14.4 Å². The van der Waals surface area contributed by atoms with Gasteiger partial charge in [0.05, 0.1) is 12.7 Å². The van der Waals surface area contributed by atoms with Gasteiger partial charge in [0.2, 0.25) is 0 Å². The van der Waals surface area contributed by atoms with Gasteiger partial charge in [-0.3, -0.25) is 4.79 Å². The van der Waals surface area contributed by atoms with Crippen molar-refractivity contribution in [2.45, 2.75) is 56.1 Å². The van der Waals surface area contributed by atoms with Gasteiger partial charge in [-0.2, -0.15) is 0 Å². The Morgan fingerprint density at radius 3 is 2.74 bits per heavy atom. The Labute approximate surface area is 156 Å². The summed E-state index contributed by atoms with van der Waals surface area (Å²) in [7, 11) is 0. The van der Waals surface area contributed by atoms with Crippen LogP contribution in [0.25, 0.3) is 0 Å². The number of hydrogen-bond donors (Lipinski definition) is 2. The summed E-state index contributed by atoms with van der Waals surface area (Å²) >= 11 is 0. The first-order valence-corrected chi connectivity index (χ1v) is 9.21. The molecule has 3 aliphatic heterocycles. The molecule has 5 atom stereocenters. The second-order valence-corrected chi connectivity index (χ2v) is 7.06. The molecule has 0 saturated carbocycles. The van der Waals surface area contributed by atoms with E-state index < -0.39 is 35.7 Å². The molecule has 1 aromatic rings. The lowest BCUT2D eigenvalue weighted by Gasteiger charge is -2.36. The van der Waals surface area contributed by atoms with E-state index in [-0.39, 0.29) is 18.8 Å². The largest absolute Gasteiger partial charge is 0.464 e. The summed E-state index contributed by atoms with van der Waals surface area (Å²) in [5.41, 5.74) is -0.559. The first kappa shape index (κ1) is 17.8. The number of amides is 2. The lowest BCUT2D eigenvalue weighted by molar-refractivity contribution is -0.148. The Balaban J connectivity index is 1.63. The average molecular weight is 374 g/mol. The maximum absolute atomic E-state index is 12.7. The molecule has 2 amide bonds. The maximum atomic E-state index is 12.7. The van der Waals surface area contributed by atoms with Gasteiger partial charge in [0, 0.05) is 12.0 Å². The first-order chi connectivity index (χ1) is 13.0. The predicted octanol–water partition coefficient (Wildman–Crippen LogP) is 1.15. The number of nitrogens with one attached hydrogen (secondary N) is 2. The summed E-state index contributed by atoms with van der Waals surface area (Å²) in [5, 5.41) is 5.44. The Morgan fingerprint density at radius 2 is 2.11 bits per heavy atom. The highest BCUT2D eigenvalue weighted by molar-refractivity contribution is 5.97. The number of esters is 1. The number of rotatable bonds is 5. The van der Waals surface area contributed by atoms with E-state index in [1.807, 2.05) is 0 Å². The van der Waals surface area contributed by atoms with Gasteiger partial charge in [0.15, 0.2) is 11.6 Å². The zero-order valence-electron chi connectivity index (χ0n) is 15.0. The molecule has 4 rings (SSSR count). The zero-order valence-corrected chi connectivity index (χ0v) is 15.0. The number of hydrogen-bond acceptors (Lipinski definition) is 6. The second kappa shape index (κ2) is 6.84. The summed E-state index contributed by atoms with van der Waals surface area (Å²) in [5.74, 6) is -1.03. The van der Waals surface area contributed by atoms with E-state index in [0.717, 1.165) is 12.8 Å². The van der Waals surface area contributed by atoms with Gasteiger partial charge in [-0.25, -0.2) is 9.59 Å². The van der Waals surface area contributed by atoms with E-state index in [1.165, 1.54) is 0 Å². The molecule has 3 heterocycles. The van der Waals surface area contributed by atoms with Crippen LogP contribution in [-0.2, 0) is 19.0 Å². The lowest BCUT2D eigenvalue weighted by Crippen LogP contribution is -2.63. The summed E-state index contributed by atoms with van der Waals surface area (Å²) in [6, 6.07) is 6.74. The van der Waals surface area contributed by atoms with Crippen molar-refractivity contribution in [2.75, 3.05) is 6.61 Å². The molecule has 0 aliphatic carbocycles. The molecule has 1 aromatic carbocycles. The van der Waals surface area contributed by atoms with Gasteiger partial charge in [-0.15, -0.1) is 0 Å². The number of alkyl carbamates (subject to hydrolysis) is 1. The maximum Gasteiger partial charge on any atom is 0.408 e. The Morgan fingerprint density at radius 1 is 1.33 bits per heavy atom. The van der Waals surface area contributed by atoms with Crippen molar-refractivity contribution in [2.24, 2.45) is 0 Å². The highest BCUT2D eigenvalue weighted by atomic mass is 16.6. The van der Waals surface area contributed by atoms with Crippen molar-refractivity contribution in [3.8, 4) is 0 Å². The smallest absolute Gasteiger partial charge is 0.408 e. The quantitative estimate of drug-likeness (QED) is 0.750. The molecule has 2 bridgehead atoms. The fraction of sp³-hybridized carbons (Fsp3) is 0.526. The van der Waals surface area contributed by atoms with Crippen LogP contribution < -0.4 is 10.6 Å². The van der Waals surface area contributed by atoms with E-state index in [0.29, 0.717) is 12.0 Å². The van der Waals surface area contributed by atoms with Crippen LogP contribution in [0.2, 0.25) is 0 Å². The summed E-state index contributed by atoms with van der Waals surface area (Å²) < 4.78 is 16.7. The number of ether oxygens (including phenoxy) is 3. The molecule has 1 spiro atoms. The second-order valence-electron chi connectivity index (χ2n) is 7.06. The molecule has 27 heavy (non-hydrogen) atoms. The van der Waals surface area contributed by atoms with Crippen LogP contribution >= 0.6 is 0 Å². The van der Waals surface area contributed by atoms with Crippen LogP contribution in [0.5, 0.6) is 0 Å². The minimum absolute atomic E-state index is 0.00197. The fourth-order valence-corrected chi connectivity index (χ4v) is 4.34. The highest BCUT2D eigenvalue weighted by Crippen LogP contribution is 2.48. The first-order valence-electron chi connectivity index (χ1n) is 9.21. The van der Waals surface area contributed by atoms with Crippen LogP contribution in [0.4, 0.5) is 4.79 Å². The zero-order chi connectivity index (χ0) is 19.0. The molecular weight excluding hydrogens is 352 g/mol. The topological polar surface area (TPSA) is 103 Å². The number of carbonyl (C=O) groups excluding carboxylic acids is 3. The number of benzene rings is 1. The third-order valence-corrected chi connectivity index (χ3v) is 5.48. The summed E-state index contributed by atoms with van der Waals surface area (Å²) in [6.45, 7) is 1.85. The van der Waals surface area contributed by atoms with Gasteiger partial charge in [0.1, 0.15) is 12.1 Å². The Kier molecular flexibility index (Phi) is 4.51. The SMILES string of the molecule is CCOC(=O)[C@H](NC(=O)c1ccccc1)[C@@H]1NC(=O)OC12CC1CCC2O1. The third-order valence-electron chi connectivity index (χ3n) is 5.48. The molecule has 2 N–H and O–H groups in total. The van der Waals surface area contributed by atoms with Crippen molar-refractivity contribution in [3.05, 3.63) is 35.9 Å². The monoisotopic (exact) mass is 374 g/mol. The van der Waals surface area contributed by atoms with Crippen LogP contribution in [0.3, 0.4) is 0 Å². The van der Waals surface area contributed by atoms with Gasteiger partial charge in [-0.05, 0) is 31.9 Å². The van der Waals surface area contributed by atoms with Crippen molar-refractivity contribution in [1.29, 1.82) is 0 Å². The third kappa shape index (κ3) is 3.03. The van der Waals surface area contributed by atoms with Gasteiger partial charge in [-0.1, -0.05) is 18.2 Å². The fourth-order valence-electron chi connectivity index (χ4n) is 4.34. The summed E-state index contributed by atoms with van der Waals surface area (Å²) in [6.07, 6.45) is 1.24. The number of fused-ring (bicyclic) bond motifs is 3. The molecule has 0 radical (unpaired) electrons. The van der Waals surface area contributed by atoms with Crippen LogP contribution in [-0.4, -0.2) is 54.5 Å². The van der Waals surface area contributed by atoms with Crippen molar-refractivity contribution < 1.29 is 28.6 Å². The molecule has 0 aromatic heterocycles. The van der Waals surface area contributed by atoms with E-state index in [2.05, 4.69) is 10.6 Å². The number of carbonyl (C=O) groups is 3. The summed E-state index contributed by atoms with van der Waals surface area (Å²) in [4.78, 5) is 37.4. The van der Waals surface area contributed by atoms with E-state index in [1.54, 1.807) is 37.3 Å². The lowest BCUT2D eigenvalue weighted by atomic mass is 9.77. The van der Waals surface area contributed by atoms with Gasteiger partial charge >= 0.3 is 12.1 Å². The van der Waals surface area contributed by atoms with Crippen LogP contribution in [0.15, 0.2) is 30.3 Å². The molecule has 8 nitrogen and oxygen atoms in total. The molecule has 3 aliphatic rings. The van der Waals surface area contributed by atoms with Crippen molar-refractivity contribution >= 4 is 18.0 Å². The van der Waals surface area contributed by atoms with E-state index in [4.69, 9.17) is 14.2 Å². The minimum atomic E-state index is -1.08. The molecule has 3 saturated heterocycles. The van der Waals surface area contributed by atoms with Crippen LogP contribution in [0.1, 0.15) is 36.5 Å². The average Bonchev–Trinajstić information content (AvgIpc) is 3.35. The Bertz CT molecular complexity index is 754. The van der Waals surface area contributed by atoms with Gasteiger partial charge in [0.25, 0.3) is 5.91 Å². The Hall–Kier alpha value is -2.61. The molecule has 8 heteroatoms. The van der Waals surface area contributed by atoms with Crippen molar-refractivity contribution in [3.63, 3.8) is 0 Å². The minimum Gasteiger partial charge on any atom is -0.464 e. The normalized spacial score (nSPS) is 32.0. The van der Waals surface area contributed by atoms with Crippen molar-refractivity contribution in [1.82, 2.24) is 10.6 Å². The molecule has 3 fully saturated rings. The van der Waals surface area contributed by atoms with Crippen LogP contribution in [0, 0.1) is 0 Å². The van der Waals surface area contributed by atoms with Gasteiger partial charge < -0.3 is 24.8 Å². The highest BCUT2D eigenvalue weighted by Gasteiger charge is 2.65. The predicted molar refractivity (Wildman–Crippen MR) is 93.0 cm³/mol. The molecule has 3 unspecified atom stereocenters. The molecule has 144 valence electrons. The van der Waals surface area contributed by atoms with E-state index >= 15 is 0 Å².